The first-order chi connectivity index (χ1) is 13.4. The lowest BCUT2D eigenvalue weighted by Crippen LogP contribution is -2.47. The molecule has 0 aliphatic heterocycles. The molecule has 28 heavy (non-hydrogen) atoms. The number of hydrogen-bond donors (Lipinski definition) is 1. The maximum absolute atomic E-state index is 13.2. The van der Waals surface area contributed by atoms with Crippen LogP contribution in [0.5, 0.6) is 5.88 Å². The number of rotatable bonds is 8. The van der Waals surface area contributed by atoms with Gasteiger partial charge in [-0.2, -0.15) is 0 Å². The fourth-order valence-corrected chi connectivity index (χ4v) is 2.79. The minimum Gasteiger partial charge on any atom is -0.460 e. The van der Waals surface area contributed by atoms with E-state index in [1.54, 1.807) is 36.9 Å². The van der Waals surface area contributed by atoms with E-state index in [1.807, 2.05) is 36.4 Å². The fraction of sp³-hybridized carbons (Fsp3) is 0.273. The van der Waals surface area contributed by atoms with Gasteiger partial charge in [-0.1, -0.05) is 30.3 Å². The van der Waals surface area contributed by atoms with E-state index in [4.69, 9.17) is 4.74 Å². The Morgan fingerprint density at radius 2 is 1.93 bits per heavy atom. The van der Waals surface area contributed by atoms with Gasteiger partial charge in [0, 0.05) is 18.8 Å². The Kier molecular flexibility index (Phi) is 6.09. The summed E-state index contributed by atoms with van der Waals surface area (Å²) >= 11 is 0. The highest BCUT2D eigenvalue weighted by atomic mass is 19.1. The van der Waals surface area contributed by atoms with E-state index in [9.17, 15) is 9.18 Å². The molecule has 2 aromatic carbocycles. The van der Waals surface area contributed by atoms with Crippen molar-refractivity contribution < 1.29 is 13.9 Å². The van der Waals surface area contributed by atoms with Crippen molar-refractivity contribution in [2.75, 3.05) is 6.54 Å². The number of halogens is 1. The quantitative estimate of drug-likeness (QED) is 0.602. The highest BCUT2D eigenvalue weighted by molar-refractivity contribution is 5.84. The molecule has 0 fully saturated rings. The zero-order valence-corrected chi connectivity index (χ0v) is 16.1. The average molecular weight is 381 g/mol. The fourth-order valence-electron chi connectivity index (χ4n) is 2.79. The van der Waals surface area contributed by atoms with E-state index in [2.05, 4.69) is 10.4 Å². The van der Waals surface area contributed by atoms with Gasteiger partial charge in [0.2, 0.25) is 5.88 Å². The van der Waals surface area contributed by atoms with Crippen LogP contribution in [-0.4, -0.2) is 27.8 Å². The van der Waals surface area contributed by atoms with Crippen LogP contribution in [0.15, 0.2) is 66.9 Å². The molecule has 0 bridgehead atoms. The summed E-state index contributed by atoms with van der Waals surface area (Å²) in [6, 6.07) is 17.9. The largest absolute Gasteiger partial charge is 0.460 e. The number of nitrogens with one attached hydrogen (secondary N) is 1. The summed E-state index contributed by atoms with van der Waals surface area (Å²) in [5.74, 6) is -0.0872. The predicted octanol–water partition coefficient (Wildman–Crippen LogP) is 3.92. The summed E-state index contributed by atoms with van der Waals surface area (Å²) < 4.78 is 20.7. The SMILES string of the molecule is CC(C)(Oc1ccn(-c2ccccc2)n1)C(=O)NCCCc1cccc(F)c1. The molecule has 0 atom stereocenters. The summed E-state index contributed by atoms with van der Waals surface area (Å²) in [6.45, 7) is 3.90. The van der Waals surface area contributed by atoms with Gasteiger partial charge < -0.3 is 10.1 Å². The molecule has 6 heteroatoms. The Morgan fingerprint density at radius 3 is 2.68 bits per heavy atom. The van der Waals surface area contributed by atoms with E-state index in [0.29, 0.717) is 25.3 Å². The van der Waals surface area contributed by atoms with Crippen molar-refractivity contribution in [3.63, 3.8) is 0 Å². The Balaban J connectivity index is 1.50. The number of ether oxygens (including phenoxy) is 1. The molecule has 3 aromatic rings. The molecule has 146 valence electrons. The number of aromatic nitrogens is 2. The smallest absolute Gasteiger partial charge is 0.263 e. The Morgan fingerprint density at radius 1 is 1.14 bits per heavy atom. The molecule has 1 N–H and O–H groups in total. The molecule has 1 aromatic heterocycles. The molecule has 0 aliphatic carbocycles. The van der Waals surface area contributed by atoms with Crippen LogP contribution in [0.2, 0.25) is 0 Å². The normalized spacial score (nSPS) is 11.2. The van der Waals surface area contributed by atoms with Crippen LogP contribution in [-0.2, 0) is 11.2 Å². The maximum Gasteiger partial charge on any atom is 0.263 e. The highest BCUT2D eigenvalue weighted by Crippen LogP contribution is 2.18. The van der Waals surface area contributed by atoms with E-state index >= 15 is 0 Å². The van der Waals surface area contributed by atoms with Gasteiger partial charge in [-0.15, -0.1) is 5.10 Å². The van der Waals surface area contributed by atoms with Crippen LogP contribution < -0.4 is 10.1 Å². The third-order valence-electron chi connectivity index (χ3n) is 4.31. The van der Waals surface area contributed by atoms with Gasteiger partial charge in [0.25, 0.3) is 5.91 Å². The van der Waals surface area contributed by atoms with Gasteiger partial charge in [-0.3, -0.25) is 4.79 Å². The first-order valence-electron chi connectivity index (χ1n) is 9.27. The Hall–Kier alpha value is -3.15. The number of carbonyl (C=O) groups excluding carboxylic acids is 1. The molecule has 0 saturated carbocycles. The van der Waals surface area contributed by atoms with E-state index in [1.165, 1.54) is 12.1 Å². The van der Waals surface area contributed by atoms with Crippen molar-refractivity contribution in [2.24, 2.45) is 0 Å². The number of aryl methyl sites for hydroxylation is 1. The van der Waals surface area contributed by atoms with Crippen LogP contribution in [0.1, 0.15) is 25.8 Å². The topological polar surface area (TPSA) is 56.2 Å². The van der Waals surface area contributed by atoms with Crippen molar-refractivity contribution in [3.05, 3.63) is 78.2 Å². The van der Waals surface area contributed by atoms with E-state index in [-0.39, 0.29) is 11.7 Å². The molecule has 3 rings (SSSR count). The number of carbonyl (C=O) groups is 1. The summed E-state index contributed by atoms with van der Waals surface area (Å²) in [6.07, 6.45) is 3.20. The monoisotopic (exact) mass is 381 g/mol. The number of benzene rings is 2. The summed E-state index contributed by atoms with van der Waals surface area (Å²) in [5.41, 5.74) is 0.766. The van der Waals surface area contributed by atoms with Crippen LogP contribution >= 0.6 is 0 Å². The predicted molar refractivity (Wildman–Crippen MR) is 106 cm³/mol. The van der Waals surface area contributed by atoms with Crippen molar-refractivity contribution in [3.8, 4) is 11.6 Å². The van der Waals surface area contributed by atoms with Crippen molar-refractivity contribution in [1.82, 2.24) is 15.1 Å². The molecule has 0 saturated heterocycles. The lowest BCUT2D eigenvalue weighted by Gasteiger charge is -2.23. The highest BCUT2D eigenvalue weighted by Gasteiger charge is 2.30. The third-order valence-corrected chi connectivity index (χ3v) is 4.31. The molecular weight excluding hydrogens is 357 g/mol. The van der Waals surface area contributed by atoms with E-state index in [0.717, 1.165) is 11.3 Å². The van der Waals surface area contributed by atoms with Crippen molar-refractivity contribution >= 4 is 5.91 Å². The van der Waals surface area contributed by atoms with E-state index < -0.39 is 5.60 Å². The lowest BCUT2D eigenvalue weighted by molar-refractivity contribution is -0.134. The summed E-state index contributed by atoms with van der Waals surface area (Å²) in [5, 5.41) is 7.25. The summed E-state index contributed by atoms with van der Waals surface area (Å²) in [7, 11) is 0. The third kappa shape index (κ3) is 5.19. The molecule has 0 radical (unpaired) electrons. The van der Waals surface area contributed by atoms with Crippen molar-refractivity contribution in [1.29, 1.82) is 0 Å². The Labute approximate surface area is 164 Å². The van der Waals surface area contributed by atoms with Crippen LogP contribution in [0.25, 0.3) is 5.69 Å². The average Bonchev–Trinajstić information content (AvgIpc) is 3.13. The van der Waals surface area contributed by atoms with Gasteiger partial charge >= 0.3 is 0 Å². The maximum atomic E-state index is 13.2. The van der Waals surface area contributed by atoms with Crippen molar-refractivity contribution in [2.45, 2.75) is 32.3 Å². The molecule has 1 amide bonds. The minimum atomic E-state index is -1.06. The Bertz CT molecular complexity index is 922. The minimum absolute atomic E-state index is 0.221. The standard InChI is InChI=1S/C22H24FN3O2/c1-22(2,21(27)24-14-7-9-17-8-6-10-18(23)16-17)28-20-13-15-26(25-20)19-11-4-3-5-12-19/h3-6,8,10-13,15-16H,7,9,14H2,1-2H3,(H,24,27). The second-order valence-electron chi connectivity index (χ2n) is 7.04. The van der Waals surface area contributed by atoms with Gasteiger partial charge in [-0.25, -0.2) is 9.07 Å². The molecular formula is C22H24FN3O2. The molecule has 0 unspecified atom stereocenters. The number of nitrogens with zero attached hydrogens (tertiary/aromatic N) is 2. The van der Waals surface area contributed by atoms with Gasteiger partial charge in [0.05, 0.1) is 5.69 Å². The van der Waals surface area contributed by atoms with Gasteiger partial charge in [-0.05, 0) is 56.5 Å². The lowest BCUT2D eigenvalue weighted by atomic mass is 10.1. The first-order valence-corrected chi connectivity index (χ1v) is 9.27. The van der Waals surface area contributed by atoms with Crippen LogP contribution in [0.3, 0.4) is 0 Å². The molecule has 1 heterocycles. The summed E-state index contributed by atoms with van der Waals surface area (Å²) in [4.78, 5) is 12.5. The molecule has 0 aliphatic rings. The number of amides is 1. The second-order valence-corrected chi connectivity index (χ2v) is 7.04. The number of hydrogen-bond acceptors (Lipinski definition) is 3. The zero-order chi connectivity index (χ0) is 20.0. The number of para-hydroxylation sites is 1. The molecule has 5 nitrogen and oxygen atoms in total. The second kappa shape index (κ2) is 8.69. The molecule has 0 spiro atoms. The van der Waals surface area contributed by atoms with Gasteiger partial charge in [0.15, 0.2) is 5.60 Å². The zero-order valence-electron chi connectivity index (χ0n) is 16.1. The van der Waals surface area contributed by atoms with Crippen LogP contribution in [0, 0.1) is 5.82 Å². The first kappa shape index (κ1) is 19.6. The van der Waals surface area contributed by atoms with Gasteiger partial charge in [0.1, 0.15) is 5.82 Å². The van der Waals surface area contributed by atoms with Crippen LogP contribution in [0.4, 0.5) is 4.39 Å².